The third-order valence-corrected chi connectivity index (χ3v) is 1.25. The van der Waals surface area contributed by atoms with Gasteiger partial charge in [-0.25, -0.2) is 4.79 Å². The first kappa shape index (κ1) is 9.25. The minimum atomic E-state index is -0.557. The van der Waals surface area contributed by atoms with E-state index in [1.165, 1.54) is 25.1 Å². The Morgan fingerprint density at radius 3 is 2.85 bits per heavy atom. The largest absolute Gasteiger partial charge is 0.493 e. The molecule has 0 fully saturated rings. The van der Waals surface area contributed by atoms with Gasteiger partial charge in [0.15, 0.2) is 0 Å². The zero-order valence-electron chi connectivity index (χ0n) is 7.15. The van der Waals surface area contributed by atoms with Crippen molar-refractivity contribution in [1.29, 1.82) is 0 Å². The number of carbonyl (C=O) groups is 1. The van der Waals surface area contributed by atoms with Crippen LogP contribution in [0, 0.1) is 0 Å². The molecule has 0 aliphatic heterocycles. The zero-order chi connectivity index (χ0) is 9.84. The van der Waals surface area contributed by atoms with Crippen molar-refractivity contribution in [3.63, 3.8) is 0 Å². The molecule has 0 aromatic carbocycles. The lowest BCUT2D eigenvalue weighted by atomic mass is 10.4. The molecule has 1 N–H and O–H groups in total. The minimum Gasteiger partial charge on any atom is -0.493 e. The Morgan fingerprint density at radius 2 is 2.31 bits per heavy atom. The van der Waals surface area contributed by atoms with Crippen LogP contribution in [0.2, 0.25) is 0 Å². The molecule has 4 heteroatoms. The molecule has 0 radical (unpaired) electrons. The van der Waals surface area contributed by atoms with Crippen molar-refractivity contribution in [2.45, 2.75) is 6.92 Å². The van der Waals surface area contributed by atoms with Crippen molar-refractivity contribution in [3.05, 3.63) is 30.4 Å². The van der Waals surface area contributed by atoms with E-state index >= 15 is 0 Å². The van der Waals surface area contributed by atoms with Gasteiger partial charge in [0.1, 0.15) is 0 Å². The van der Waals surface area contributed by atoms with Crippen LogP contribution in [0.15, 0.2) is 30.4 Å². The van der Waals surface area contributed by atoms with Gasteiger partial charge in [-0.15, -0.1) is 0 Å². The summed E-state index contributed by atoms with van der Waals surface area (Å²) in [7, 11) is 0. The summed E-state index contributed by atoms with van der Waals surface area (Å²) in [5.74, 6) is -0.682. The number of hydrogen-bond donors (Lipinski definition) is 1. The lowest BCUT2D eigenvalue weighted by molar-refractivity contribution is -0.130. The van der Waals surface area contributed by atoms with Crippen molar-refractivity contribution in [2.75, 3.05) is 0 Å². The molecular formula is C9H9NO3. The highest BCUT2D eigenvalue weighted by Gasteiger charge is 2.05. The van der Waals surface area contributed by atoms with E-state index in [4.69, 9.17) is 9.84 Å². The highest BCUT2D eigenvalue weighted by atomic mass is 16.5. The predicted molar refractivity (Wildman–Crippen MR) is 46.4 cm³/mol. The third kappa shape index (κ3) is 2.59. The molecule has 0 bridgehead atoms. The average molecular weight is 179 g/mol. The van der Waals surface area contributed by atoms with Crippen molar-refractivity contribution in [2.24, 2.45) is 0 Å². The molecule has 68 valence electrons. The second-order valence-electron chi connectivity index (χ2n) is 2.50. The Balaban J connectivity index is 2.75. The SMILES string of the molecule is C=C(C)C(=O)Oc1cccc(O)n1. The molecule has 1 aromatic heterocycles. The van der Waals surface area contributed by atoms with E-state index in [9.17, 15) is 4.79 Å². The van der Waals surface area contributed by atoms with Crippen molar-refractivity contribution in [1.82, 2.24) is 4.98 Å². The van der Waals surface area contributed by atoms with Crippen LogP contribution < -0.4 is 4.74 Å². The van der Waals surface area contributed by atoms with Crippen molar-refractivity contribution < 1.29 is 14.6 Å². The number of carbonyl (C=O) groups excluding carboxylic acids is 1. The van der Waals surface area contributed by atoms with Crippen LogP contribution >= 0.6 is 0 Å². The molecule has 13 heavy (non-hydrogen) atoms. The normalized spacial score (nSPS) is 9.31. The summed E-state index contributed by atoms with van der Waals surface area (Å²) >= 11 is 0. The first-order valence-corrected chi connectivity index (χ1v) is 3.63. The van der Waals surface area contributed by atoms with Gasteiger partial charge in [0, 0.05) is 17.7 Å². The van der Waals surface area contributed by atoms with E-state index < -0.39 is 5.97 Å². The number of hydrogen-bond acceptors (Lipinski definition) is 4. The molecular weight excluding hydrogens is 170 g/mol. The lowest BCUT2D eigenvalue weighted by Gasteiger charge is -2.01. The topological polar surface area (TPSA) is 59.4 Å². The second-order valence-corrected chi connectivity index (χ2v) is 2.50. The zero-order valence-corrected chi connectivity index (χ0v) is 7.15. The number of pyridine rings is 1. The maximum absolute atomic E-state index is 11.0. The maximum atomic E-state index is 11.0. The van der Waals surface area contributed by atoms with Gasteiger partial charge in [0.2, 0.25) is 11.8 Å². The molecule has 1 aromatic rings. The van der Waals surface area contributed by atoms with Crippen molar-refractivity contribution >= 4 is 5.97 Å². The number of nitrogens with zero attached hydrogens (tertiary/aromatic N) is 1. The fourth-order valence-corrected chi connectivity index (χ4v) is 0.643. The van der Waals surface area contributed by atoms with E-state index in [0.717, 1.165) is 0 Å². The van der Waals surface area contributed by atoms with Crippen LogP contribution in [-0.2, 0) is 4.79 Å². The van der Waals surface area contributed by atoms with Gasteiger partial charge in [-0.1, -0.05) is 12.6 Å². The highest BCUT2D eigenvalue weighted by molar-refractivity contribution is 5.88. The number of aromatic hydroxyl groups is 1. The highest BCUT2D eigenvalue weighted by Crippen LogP contribution is 2.12. The van der Waals surface area contributed by atoms with Crippen LogP contribution in [0.1, 0.15) is 6.92 Å². The Kier molecular flexibility index (Phi) is 2.64. The molecule has 0 unspecified atom stereocenters. The van der Waals surface area contributed by atoms with Crippen molar-refractivity contribution in [3.8, 4) is 11.8 Å². The summed E-state index contributed by atoms with van der Waals surface area (Å²) in [6.07, 6.45) is 0. The fraction of sp³-hybridized carbons (Fsp3) is 0.111. The van der Waals surface area contributed by atoms with Gasteiger partial charge in [-0.05, 0) is 6.92 Å². The number of esters is 1. The van der Waals surface area contributed by atoms with Gasteiger partial charge in [-0.3, -0.25) is 0 Å². The van der Waals surface area contributed by atoms with E-state index in [2.05, 4.69) is 11.6 Å². The minimum absolute atomic E-state index is 0.0630. The van der Waals surface area contributed by atoms with Crippen LogP contribution in [0.4, 0.5) is 0 Å². The first-order chi connectivity index (χ1) is 6.09. The Morgan fingerprint density at radius 1 is 1.62 bits per heavy atom. The van der Waals surface area contributed by atoms with Gasteiger partial charge in [0.05, 0.1) is 0 Å². The molecule has 0 aliphatic carbocycles. The standard InChI is InChI=1S/C9H9NO3/c1-6(2)9(12)13-8-5-3-4-7(11)10-8/h3-5H,1H2,2H3,(H,10,11). The van der Waals surface area contributed by atoms with Crippen LogP contribution in [0.3, 0.4) is 0 Å². The molecule has 0 amide bonds. The van der Waals surface area contributed by atoms with Crippen LogP contribution in [0.5, 0.6) is 11.8 Å². The predicted octanol–water partition coefficient (Wildman–Crippen LogP) is 1.27. The second kappa shape index (κ2) is 3.71. The third-order valence-electron chi connectivity index (χ3n) is 1.25. The van der Waals surface area contributed by atoms with Gasteiger partial charge < -0.3 is 9.84 Å². The summed E-state index contributed by atoms with van der Waals surface area (Å²) < 4.78 is 4.75. The lowest BCUT2D eigenvalue weighted by Crippen LogP contribution is -2.08. The maximum Gasteiger partial charge on any atom is 0.339 e. The summed E-state index contributed by atoms with van der Waals surface area (Å²) in [4.78, 5) is 14.5. The molecule has 0 atom stereocenters. The Bertz CT molecular complexity index is 346. The quantitative estimate of drug-likeness (QED) is 0.548. The molecule has 1 rings (SSSR count). The summed E-state index contributed by atoms with van der Waals surface area (Å²) in [6.45, 7) is 4.94. The summed E-state index contributed by atoms with van der Waals surface area (Å²) in [5.41, 5.74) is 0.283. The first-order valence-electron chi connectivity index (χ1n) is 3.63. The number of ether oxygens (including phenoxy) is 1. The van der Waals surface area contributed by atoms with E-state index in [0.29, 0.717) is 0 Å². The number of aromatic nitrogens is 1. The number of rotatable bonds is 2. The molecule has 0 aliphatic rings. The van der Waals surface area contributed by atoms with Crippen LogP contribution in [-0.4, -0.2) is 16.1 Å². The summed E-state index contributed by atoms with van der Waals surface area (Å²) in [6, 6.07) is 4.39. The Labute approximate surface area is 75.5 Å². The fourth-order valence-electron chi connectivity index (χ4n) is 0.643. The van der Waals surface area contributed by atoms with E-state index in [-0.39, 0.29) is 17.3 Å². The van der Waals surface area contributed by atoms with Crippen LogP contribution in [0.25, 0.3) is 0 Å². The molecule has 0 saturated carbocycles. The molecule has 4 nitrogen and oxygen atoms in total. The summed E-state index contributed by atoms with van der Waals surface area (Å²) in [5, 5.41) is 8.94. The van der Waals surface area contributed by atoms with Gasteiger partial charge >= 0.3 is 5.97 Å². The average Bonchev–Trinajstić information content (AvgIpc) is 2.04. The van der Waals surface area contributed by atoms with E-state index in [1.807, 2.05) is 0 Å². The molecule has 0 spiro atoms. The molecule has 1 heterocycles. The monoisotopic (exact) mass is 179 g/mol. The Hall–Kier alpha value is -1.84. The van der Waals surface area contributed by atoms with E-state index in [1.54, 1.807) is 0 Å². The smallest absolute Gasteiger partial charge is 0.339 e. The van der Waals surface area contributed by atoms with Gasteiger partial charge in [-0.2, -0.15) is 4.98 Å². The van der Waals surface area contributed by atoms with Gasteiger partial charge in [0.25, 0.3) is 0 Å². The molecule has 0 saturated heterocycles.